The van der Waals surface area contributed by atoms with E-state index in [1.807, 2.05) is 0 Å². The average molecular weight is 238 g/mol. The van der Waals surface area contributed by atoms with Crippen LogP contribution in [0.2, 0.25) is 5.02 Å². The van der Waals surface area contributed by atoms with Crippen LogP contribution in [0.1, 0.15) is 13.3 Å². The number of aromatic nitrogens is 4. The molecule has 0 radical (unpaired) electrons. The smallest absolute Gasteiger partial charge is 0.185 e. The first kappa shape index (κ1) is 10.9. The highest BCUT2D eigenvalue weighted by Gasteiger charge is 2.14. The molecule has 2 aromatic rings. The molecule has 0 atom stereocenters. The number of hydrogen-bond donors (Lipinski definition) is 1. The molecule has 0 aliphatic carbocycles. The summed E-state index contributed by atoms with van der Waals surface area (Å²) >= 11 is 6.10. The lowest BCUT2D eigenvalue weighted by Gasteiger charge is -2.07. The van der Waals surface area contributed by atoms with Gasteiger partial charge in [-0.05, 0) is 29.0 Å². The van der Waals surface area contributed by atoms with Crippen molar-refractivity contribution in [3.63, 3.8) is 0 Å². The van der Waals surface area contributed by atoms with E-state index in [2.05, 4.69) is 22.4 Å². The van der Waals surface area contributed by atoms with Gasteiger partial charge in [-0.25, -0.2) is 4.68 Å². The Labute approximate surface area is 98.2 Å². The van der Waals surface area contributed by atoms with Gasteiger partial charge in [-0.15, -0.1) is 5.10 Å². The number of benzene rings is 1. The van der Waals surface area contributed by atoms with Gasteiger partial charge in [0.25, 0.3) is 0 Å². The van der Waals surface area contributed by atoms with Crippen LogP contribution in [-0.4, -0.2) is 20.2 Å². The summed E-state index contributed by atoms with van der Waals surface area (Å²) in [5.74, 6) is 0.616. The molecule has 1 aromatic carbocycles. The van der Waals surface area contributed by atoms with Crippen LogP contribution in [-0.2, 0) is 6.54 Å². The summed E-state index contributed by atoms with van der Waals surface area (Å²) in [7, 11) is 0. The van der Waals surface area contributed by atoms with Crippen molar-refractivity contribution in [1.29, 1.82) is 0 Å². The minimum absolute atomic E-state index is 0.562. The predicted octanol–water partition coefficient (Wildman–Crippen LogP) is 1.99. The summed E-state index contributed by atoms with van der Waals surface area (Å²) in [5.41, 5.74) is 7.16. The fourth-order valence-corrected chi connectivity index (χ4v) is 1.79. The second kappa shape index (κ2) is 4.49. The van der Waals surface area contributed by atoms with Gasteiger partial charge < -0.3 is 5.73 Å². The van der Waals surface area contributed by atoms with E-state index >= 15 is 0 Å². The average Bonchev–Trinajstić information content (AvgIpc) is 2.67. The molecule has 6 heteroatoms. The first-order chi connectivity index (χ1) is 7.74. The van der Waals surface area contributed by atoms with Crippen molar-refractivity contribution in [2.75, 3.05) is 5.73 Å². The number of nitrogen functional groups attached to an aromatic ring is 1. The number of hydrogen-bond acceptors (Lipinski definition) is 4. The summed E-state index contributed by atoms with van der Waals surface area (Å²) in [6.45, 7) is 2.80. The molecule has 0 spiro atoms. The molecule has 0 amide bonds. The lowest BCUT2D eigenvalue weighted by molar-refractivity contribution is 0.583. The van der Waals surface area contributed by atoms with Gasteiger partial charge in [-0.1, -0.05) is 24.6 Å². The molecule has 16 heavy (non-hydrogen) atoms. The standard InChI is InChI=1S/C10H12ClN5/c1-2-6-16-10(13-14-15-16)9-7(11)4-3-5-8(9)12/h3-5H,2,6,12H2,1H3. The monoisotopic (exact) mass is 237 g/mol. The molecular weight excluding hydrogens is 226 g/mol. The normalized spacial score (nSPS) is 10.6. The highest BCUT2D eigenvalue weighted by molar-refractivity contribution is 6.33. The maximum absolute atomic E-state index is 6.10. The minimum atomic E-state index is 0.562. The third-order valence-corrected chi connectivity index (χ3v) is 2.55. The van der Waals surface area contributed by atoms with Crippen molar-refractivity contribution in [3.05, 3.63) is 23.2 Å². The van der Waals surface area contributed by atoms with Crippen molar-refractivity contribution in [2.24, 2.45) is 0 Å². The van der Waals surface area contributed by atoms with Crippen LogP contribution in [0.5, 0.6) is 0 Å². The number of halogens is 1. The quantitative estimate of drug-likeness (QED) is 0.829. The molecule has 2 N–H and O–H groups in total. The Balaban J connectivity index is 2.54. The molecule has 0 saturated heterocycles. The Bertz CT molecular complexity index is 473. The Kier molecular flexibility index (Phi) is 3.05. The molecule has 84 valence electrons. The van der Waals surface area contributed by atoms with Gasteiger partial charge in [0, 0.05) is 12.2 Å². The van der Waals surface area contributed by atoms with Gasteiger partial charge in [-0.2, -0.15) is 0 Å². The topological polar surface area (TPSA) is 69.6 Å². The molecule has 0 saturated carbocycles. The lowest BCUT2D eigenvalue weighted by atomic mass is 10.1. The molecule has 1 heterocycles. The predicted molar refractivity (Wildman–Crippen MR) is 63.0 cm³/mol. The summed E-state index contributed by atoms with van der Waals surface area (Å²) in [6.07, 6.45) is 0.947. The number of rotatable bonds is 3. The van der Waals surface area contributed by atoms with E-state index in [1.165, 1.54) is 0 Å². The number of anilines is 1. The summed E-state index contributed by atoms with van der Waals surface area (Å²) in [5, 5.41) is 12.1. The van der Waals surface area contributed by atoms with Gasteiger partial charge in [0.1, 0.15) is 0 Å². The summed E-state index contributed by atoms with van der Waals surface area (Å²) in [4.78, 5) is 0. The van der Waals surface area contributed by atoms with E-state index in [0.29, 0.717) is 22.1 Å². The molecule has 0 aliphatic heterocycles. The molecule has 0 aliphatic rings. The first-order valence-electron chi connectivity index (χ1n) is 5.04. The van der Waals surface area contributed by atoms with Gasteiger partial charge >= 0.3 is 0 Å². The van der Waals surface area contributed by atoms with Crippen LogP contribution < -0.4 is 5.73 Å². The highest BCUT2D eigenvalue weighted by Crippen LogP contribution is 2.31. The van der Waals surface area contributed by atoms with Crippen LogP contribution in [0.15, 0.2) is 18.2 Å². The fraction of sp³-hybridized carbons (Fsp3) is 0.300. The Morgan fingerprint density at radius 3 is 2.94 bits per heavy atom. The van der Waals surface area contributed by atoms with E-state index in [4.69, 9.17) is 17.3 Å². The molecule has 0 fully saturated rings. The van der Waals surface area contributed by atoms with E-state index in [1.54, 1.807) is 22.9 Å². The third kappa shape index (κ3) is 1.86. The van der Waals surface area contributed by atoms with Gasteiger partial charge in [0.05, 0.1) is 10.6 Å². The maximum atomic E-state index is 6.10. The number of nitrogens with two attached hydrogens (primary N) is 1. The van der Waals surface area contributed by atoms with Crippen LogP contribution in [0.4, 0.5) is 5.69 Å². The van der Waals surface area contributed by atoms with Crippen molar-refractivity contribution in [3.8, 4) is 11.4 Å². The van der Waals surface area contributed by atoms with Gasteiger partial charge in [0.2, 0.25) is 0 Å². The van der Waals surface area contributed by atoms with E-state index in [9.17, 15) is 0 Å². The second-order valence-corrected chi connectivity index (χ2v) is 3.84. The Morgan fingerprint density at radius 2 is 2.25 bits per heavy atom. The number of nitrogens with zero attached hydrogens (tertiary/aromatic N) is 4. The molecule has 0 unspecified atom stereocenters. The third-order valence-electron chi connectivity index (χ3n) is 2.24. The van der Waals surface area contributed by atoms with E-state index in [-0.39, 0.29) is 0 Å². The lowest BCUT2D eigenvalue weighted by Crippen LogP contribution is -2.03. The second-order valence-electron chi connectivity index (χ2n) is 3.43. The van der Waals surface area contributed by atoms with E-state index in [0.717, 1.165) is 13.0 Å². The zero-order valence-electron chi connectivity index (χ0n) is 8.89. The fourth-order valence-electron chi connectivity index (χ4n) is 1.52. The van der Waals surface area contributed by atoms with Crippen LogP contribution >= 0.6 is 11.6 Å². The van der Waals surface area contributed by atoms with Gasteiger partial charge in [0.15, 0.2) is 5.82 Å². The summed E-state index contributed by atoms with van der Waals surface area (Å²) in [6, 6.07) is 5.36. The SMILES string of the molecule is CCCn1nnnc1-c1c(N)cccc1Cl. The highest BCUT2D eigenvalue weighted by atomic mass is 35.5. The van der Waals surface area contributed by atoms with Crippen molar-refractivity contribution in [2.45, 2.75) is 19.9 Å². The molecule has 2 rings (SSSR count). The number of tetrazole rings is 1. The van der Waals surface area contributed by atoms with E-state index < -0.39 is 0 Å². The Morgan fingerprint density at radius 1 is 1.44 bits per heavy atom. The van der Waals surface area contributed by atoms with Gasteiger partial charge in [-0.3, -0.25) is 0 Å². The van der Waals surface area contributed by atoms with Crippen molar-refractivity contribution >= 4 is 17.3 Å². The zero-order valence-corrected chi connectivity index (χ0v) is 9.65. The molecule has 5 nitrogen and oxygen atoms in total. The Hall–Kier alpha value is -1.62. The van der Waals surface area contributed by atoms with Crippen LogP contribution in [0.25, 0.3) is 11.4 Å². The van der Waals surface area contributed by atoms with Crippen molar-refractivity contribution in [1.82, 2.24) is 20.2 Å². The van der Waals surface area contributed by atoms with Crippen LogP contribution in [0, 0.1) is 0 Å². The molecule has 0 bridgehead atoms. The minimum Gasteiger partial charge on any atom is -0.398 e. The molecule has 1 aromatic heterocycles. The first-order valence-corrected chi connectivity index (χ1v) is 5.42. The van der Waals surface area contributed by atoms with Crippen LogP contribution in [0.3, 0.4) is 0 Å². The largest absolute Gasteiger partial charge is 0.398 e. The number of aryl methyl sites for hydroxylation is 1. The zero-order chi connectivity index (χ0) is 11.5. The molecular formula is C10H12ClN5. The maximum Gasteiger partial charge on any atom is 0.185 e. The van der Waals surface area contributed by atoms with Crippen molar-refractivity contribution < 1.29 is 0 Å². The summed E-state index contributed by atoms with van der Waals surface area (Å²) < 4.78 is 1.71.